The number of aliphatic hydroxyl groups is 1. The number of rotatable bonds is 3. The molecule has 3 heteroatoms. The van der Waals surface area contributed by atoms with Crippen molar-refractivity contribution in [2.24, 2.45) is 0 Å². The third kappa shape index (κ3) is 2.49. The smallest absolute Gasteiger partial charge is 0.140 e. The quantitative estimate of drug-likeness (QED) is 0.928. The molecule has 2 aromatic rings. The van der Waals surface area contributed by atoms with Gasteiger partial charge in [0.1, 0.15) is 11.3 Å². The Morgan fingerprint density at radius 3 is 2.57 bits per heavy atom. The van der Waals surface area contributed by atoms with Gasteiger partial charge in [-0.1, -0.05) is 18.2 Å². The highest BCUT2D eigenvalue weighted by Crippen LogP contribution is 2.32. The fourth-order valence-corrected chi connectivity index (χ4v) is 3.55. The lowest BCUT2D eigenvalue weighted by atomic mass is 10.0. The number of hydrogen-bond donors (Lipinski definition) is 1. The third-order valence-corrected chi connectivity index (χ3v) is 5.11. The van der Waals surface area contributed by atoms with Crippen LogP contribution in [0.5, 0.6) is 0 Å². The number of fused-ring (bicyclic) bond motifs is 1. The van der Waals surface area contributed by atoms with Gasteiger partial charge in [-0.05, 0) is 46.1 Å². The summed E-state index contributed by atoms with van der Waals surface area (Å²) in [7, 11) is 0. The van der Waals surface area contributed by atoms with Gasteiger partial charge < -0.3 is 9.52 Å². The Morgan fingerprint density at radius 1 is 1.24 bits per heavy atom. The Morgan fingerprint density at radius 2 is 1.90 bits per heavy atom. The van der Waals surface area contributed by atoms with Crippen LogP contribution in [0.2, 0.25) is 0 Å². The lowest BCUT2D eigenvalue weighted by Crippen LogP contribution is -2.36. The van der Waals surface area contributed by atoms with E-state index in [1.807, 2.05) is 19.1 Å². The van der Waals surface area contributed by atoms with Gasteiger partial charge >= 0.3 is 0 Å². The topological polar surface area (TPSA) is 36.6 Å². The molecule has 0 aliphatic carbocycles. The van der Waals surface area contributed by atoms with Crippen molar-refractivity contribution >= 4 is 11.0 Å². The zero-order valence-corrected chi connectivity index (χ0v) is 13.4. The summed E-state index contributed by atoms with van der Waals surface area (Å²) in [5.41, 5.74) is 2.93. The van der Waals surface area contributed by atoms with Gasteiger partial charge in [-0.25, -0.2) is 0 Å². The first kappa shape index (κ1) is 14.6. The summed E-state index contributed by atoms with van der Waals surface area (Å²) in [5, 5.41) is 11.8. The minimum atomic E-state index is -0.498. The van der Waals surface area contributed by atoms with E-state index >= 15 is 0 Å². The summed E-state index contributed by atoms with van der Waals surface area (Å²) in [6, 6.07) is 7.17. The van der Waals surface area contributed by atoms with Gasteiger partial charge in [0.25, 0.3) is 0 Å². The van der Waals surface area contributed by atoms with Crippen LogP contribution in [0.15, 0.2) is 22.6 Å². The van der Waals surface area contributed by atoms with Crippen LogP contribution < -0.4 is 0 Å². The zero-order chi connectivity index (χ0) is 15.1. The summed E-state index contributed by atoms with van der Waals surface area (Å²) in [6.07, 6.45) is 1.94. The molecule has 0 saturated carbocycles. The molecule has 0 amide bonds. The normalized spacial score (nSPS) is 24.8. The molecular formula is C18H25NO2. The zero-order valence-electron chi connectivity index (χ0n) is 13.4. The second kappa shape index (κ2) is 5.47. The van der Waals surface area contributed by atoms with Crippen molar-refractivity contribution < 1.29 is 9.52 Å². The number of aliphatic hydroxyl groups excluding tert-OH is 1. The molecule has 0 radical (unpaired) electrons. The van der Waals surface area contributed by atoms with Crippen LogP contribution in [0.4, 0.5) is 0 Å². The highest BCUT2D eigenvalue weighted by atomic mass is 16.3. The molecule has 0 bridgehead atoms. The Balaban J connectivity index is 1.91. The van der Waals surface area contributed by atoms with Gasteiger partial charge in [-0.3, -0.25) is 4.90 Å². The van der Waals surface area contributed by atoms with Gasteiger partial charge in [-0.2, -0.15) is 0 Å². The first-order chi connectivity index (χ1) is 9.99. The van der Waals surface area contributed by atoms with E-state index in [-0.39, 0.29) is 0 Å². The van der Waals surface area contributed by atoms with Crippen LogP contribution in [-0.4, -0.2) is 28.6 Å². The van der Waals surface area contributed by atoms with E-state index in [1.54, 1.807) is 0 Å². The maximum absolute atomic E-state index is 10.7. The van der Waals surface area contributed by atoms with Crippen molar-refractivity contribution in [2.75, 3.05) is 6.54 Å². The van der Waals surface area contributed by atoms with E-state index in [9.17, 15) is 5.11 Å². The average Bonchev–Trinajstić information content (AvgIpc) is 2.93. The lowest BCUT2D eigenvalue weighted by Gasteiger charge is -2.28. The molecule has 3 atom stereocenters. The van der Waals surface area contributed by atoms with E-state index in [4.69, 9.17) is 4.42 Å². The van der Waals surface area contributed by atoms with E-state index < -0.39 is 6.10 Å². The molecular weight excluding hydrogens is 262 g/mol. The standard InChI is InChI=1S/C18H25NO2/c1-11-8-9-12(2)19(11)10-17(20)16-7-5-6-15-13(3)14(4)21-18(15)16/h5-7,11-12,17,20H,8-10H2,1-4H3. The van der Waals surface area contributed by atoms with Crippen molar-refractivity contribution in [1.82, 2.24) is 4.90 Å². The highest BCUT2D eigenvalue weighted by molar-refractivity contribution is 5.85. The van der Waals surface area contributed by atoms with Crippen molar-refractivity contribution in [3.63, 3.8) is 0 Å². The first-order valence-electron chi connectivity index (χ1n) is 7.91. The summed E-state index contributed by atoms with van der Waals surface area (Å²) >= 11 is 0. The van der Waals surface area contributed by atoms with Crippen LogP contribution in [0.1, 0.15) is 49.7 Å². The van der Waals surface area contributed by atoms with E-state index in [1.165, 1.54) is 18.4 Å². The molecule has 3 nitrogen and oxygen atoms in total. The number of likely N-dealkylation sites (tertiary alicyclic amines) is 1. The average molecular weight is 287 g/mol. The third-order valence-electron chi connectivity index (χ3n) is 5.11. The molecule has 1 aromatic heterocycles. The molecule has 1 aromatic carbocycles. The lowest BCUT2D eigenvalue weighted by molar-refractivity contribution is 0.0915. The van der Waals surface area contributed by atoms with E-state index in [0.29, 0.717) is 18.6 Å². The summed E-state index contributed by atoms with van der Waals surface area (Å²) in [6.45, 7) is 9.23. The van der Waals surface area contributed by atoms with Crippen molar-refractivity contribution in [3.05, 3.63) is 35.1 Å². The molecule has 3 rings (SSSR count). The number of hydrogen-bond acceptors (Lipinski definition) is 3. The first-order valence-corrected chi connectivity index (χ1v) is 7.91. The van der Waals surface area contributed by atoms with Crippen LogP contribution in [0, 0.1) is 13.8 Å². The van der Waals surface area contributed by atoms with Crippen molar-refractivity contribution in [2.45, 2.75) is 58.7 Å². The monoisotopic (exact) mass is 287 g/mol. The predicted octanol–water partition coefficient (Wildman–Crippen LogP) is 3.96. The summed E-state index contributed by atoms with van der Waals surface area (Å²) in [4.78, 5) is 2.41. The number of furan rings is 1. The minimum absolute atomic E-state index is 0.498. The number of β-amino-alcohol motifs (C(OH)–C–C–N with tert-alkyl or cyclic N) is 1. The molecule has 21 heavy (non-hydrogen) atoms. The van der Waals surface area contributed by atoms with Gasteiger partial charge in [0.05, 0.1) is 6.10 Å². The van der Waals surface area contributed by atoms with Gasteiger partial charge in [-0.15, -0.1) is 0 Å². The maximum atomic E-state index is 10.7. The Labute approximate surface area is 126 Å². The van der Waals surface area contributed by atoms with Crippen LogP contribution in [-0.2, 0) is 0 Å². The Hall–Kier alpha value is -1.32. The van der Waals surface area contributed by atoms with Gasteiger partial charge in [0.2, 0.25) is 0 Å². The Bertz CT molecular complexity index is 636. The second-order valence-corrected chi connectivity index (χ2v) is 6.50. The Kier molecular flexibility index (Phi) is 3.80. The molecule has 1 saturated heterocycles. The fourth-order valence-electron chi connectivity index (χ4n) is 3.55. The van der Waals surface area contributed by atoms with Crippen LogP contribution in [0.25, 0.3) is 11.0 Å². The second-order valence-electron chi connectivity index (χ2n) is 6.50. The van der Waals surface area contributed by atoms with Gasteiger partial charge in [0.15, 0.2) is 0 Å². The fraction of sp³-hybridized carbons (Fsp3) is 0.556. The van der Waals surface area contributed by atoms with E-state index in [0.717, 1.165) is 22.3 Å². The molecule has 3 unspecified atom stereocenters. The number of benzene rings is 1. The van der Waals surface area contributed by atoms with E-state index in [2.05, 4.69) is 31.7 Å². The van der Waals surface area contributed by atoms with Crippen LogP contribution in [0.3, 0.4) is 0 Å². The van der Waals surface area contributed by atoms with Crippen molar-refractivity contribution in [1.29, 1.82) is 0 Å². The summed E-state index contributed by atoms with van der Waals surface area (Å²) in [5.74, 6) is 0.938. The number of nitrogens with zero attached hydrogens (tertiary/aromatic N) is 1. The molecule has 0 spiro atoms. The highest BCUT2D eigenvalue weighted by Gasteiger charge is 2.30. The SMILES string of the molecule is Cc1oc2c(C(O)CN3C(C)CCC3C)cccc2c1C. The molecule has 114 valence electrons. The number of aryl methyl sites for hydroxylation is 2. The molecule has 1 aliphatic heterocycles. The minimum Gasteiger partial charge on any atom is -0.461 e. The molecule has 1 fully saturated rings. The molecule has 2 heterocycles. The largest absolute Gasteiger partial charge is 0.461 e. The number of para-hydroxylation sites is 1. The molecule has 1 aliphatic rings. The maximum Gasteiger partial charge on any atom is 0.140 e. The van der Waals surface area contributed by atoms with Crippen molar-refractivity contribution in [3.8, 4) is 0 Å². The molecule has 1 N–H and O–H groups in total. The van der Waals surface area contributed by atoms with Gasteiger partial charge in [0, 0.05) is 29.6 Å². The summed E-state index contributed by atoms with van der Waals surface area (Å²) < 4.78 is 5.89. The van der Waals surface area contributed by atoms with Crippen LogP contribution >= 0.6 is 0 Å². The predicted molar refractivity (Wildman–Crippen MR) is 85.5 cm³/mol.